The average molecular weight is 388 g/mol. The van der Waals surface area contributed by atoms with Gasteiger partial charge in [0.05, 0.1) is 16.6 Å². The number of nitrogens with zero attached hydrogens (tertiary/aromatic N) is 4. The second-order valence-electron chi connectivity index (χ2n) is 5.35. The van der Waals surface area contributed by atoms with Crippen molar-refractivity contribution in [2.75, 3.05) is 11.9 Å². The summed E-state index contributed by atoms with van der Waals surface area (Å²) < 4.78 is 22.1. The highest BCUT2D eigenvalue weighted by Crippen LogP contribution is 2.31. The zero-order valence-corrected chi connectivity index (χ0v) is 14.0. The van der Waals surface area contributed by atoms with Gasteiger partial charge in [-0.3, -0.25) is 4.40 Å². The standard InChI is InChI=1S/C16H11BrFN5O/c17-12-5-9(6-19)15(23-8-21-22-16(12)23)20-7-11-10-3-4-24-14(10)2-1-13(11)18/h1-2,5,8,20H,3-4,7H2. The molecule has 0 spiro atoms. The van der Waals surface area contributed by atoms with Crippen LogP contribution in [0.2, 0.25) is 0 Å². The molecule has 0 aliphatic carbocycles. The Morgan fingerprint density at radius 1 is 1.46 bits per heavy atom. The van der Waals surface area contributed by atoms with Gasteiger partial charge in [0.25, 0.3) is 0 Å². The third-order valence-electron chi connectivity index (χ3n) is 4.02. The molecule has 1 aromatic carbocycles. The van der Waals surface area contributed by atoms with Crippen molar-refractivity contribution in [3.63, 3.8) is 0 Å². The number of nitrogens with one attached hydrogen (secondary N) is 1. The quantitative estimate of drug-likeness (QED) is 0.747. The van der Waals surface area contributed by atoms with Gasteiger partial charge >= 0.3 is 0 Å². The maximum atomic E-state index is 14.2. The zero-order chi connectivity index (χ0) is 16.7. The first-order valence-electron chi connectivity index (χ1n) is 7.28. The maximum absolute atomic E-state index is 14.2. The van der Waals surface area contributed by atoms with E-state index in [1.807, 2.05) is 0 Å². The van der Waals surface area contributed by atoms with Gasteiger partial charge in [-0.25, -0.2) is 4.39 Å². The Hall–Kier alpha value is -2.66. The van der Waals surface area contributed by atoms with Gasteiger partial charge in [0.2, 0.25) is 0 Å². The van der Waals surface area contributed by atoms with E-state index < -0.39 is 0 Å². The van der Waals surface area contributed by atoms with Crippen LogP contribution in [0, 0.1) is 17.1 Å². The molecule has 0 atom stereocenters. The third kappa shape index (κ3) is 2.29. The molecule has 4 rings (SSSR count). The maximum Gasteiger partial charge on any atom is 0.176 e. The Kier molecular flexibility index (Phi) is 3.58. The highest BCUT2D eigenvalue weighted by atomic mass is 79.9. The summed E-state index contributed by atoms with van der Waals surface area (Å²) in [5, 5.41) is 20.4. The van der Waals surface area contributed by atoms with Crippen LogP contribution >= 0.6 is 15.9 Å². The molecule has 0 unspecified atom stereocenters. The van der Waals surface area contributed by atoms with Gasteiger partial charge in [-0.05, 0) is 34.1 Å². The molecular weight excluding hydrogens is 377 g/mol. The highest BCUT2D eigenvalue weighted by Gasteiger charge is 2.20. The lowest BCUT2D eigenvalue weighted by atomic mass is 10.0. The second-order valence-corrected chi connectivity index (χ2v) is 6.20. The van der Waals surface area contributed by atoms with Crippen molar-refractivity contribution in [2.24, 2.45) is 0 Å². The van der Waals surface area contributed by atoms with Crippen molar-refractivity contribution in [3.05, 3.63) is 51.5 Å². The Bertz CT molecular complexity index is 994. The van der Waals surface area contributed by atoms with E-state index in [0.29, 0.717) is 40.1 Å². The van der Waals surface area contributed by atoms with Crippen molar-refractivity contribution in [1.82, 2.24) is 14.6 Å². The number of hydrogen-bond acceptors (Lipinski definition) is 5. The van der Waals surface area contributed by atoms with Crippen molar-refractivity contribution >= 4 is 27.4 Å². The number of rotatable bonds is 3. The fourth-order valence-corrected chi connectivity index (χ4v) is 3.39. The van der Waals surface area contributed by atoms with Crippen LogP contribution < -0.4 is 10.1 Å². The molecule has 0 fully saturated rings. The zero-order valence-electron chi connectivity index (χ0n) is 12.4. The molecule has 8 heteroatoms. The summed E-state index contributed by atoms with van der Waals surface area (Å²) in [5.74, 6) is 0.956. The van der Waals surface area contributed by atoms with Gasteiger partial charge in [-0.2, -0.15) is 5.26 Å². The van der Waals surface area contributed by atoms with Crippen LogP contribution in [-0.2, 0) is 13.0 Å². The van der Waals surface area contributed by atoms with E-state index in [9.17, 15) is 9.65 Å². The molecule has 1 aliphatic rings. The van der Waals surface area contributed by atoms with Crippen molar-refractivity contribution in [2.45, 2.75) is 13.0 Å². The fraction of sp³-hybridized carbons (Fsp3) is 0.188. The van der Waals surface area contributed by atoms with Crippen LogP contribution in [0.3, 0.4) is 0 Å². The predicted molar refractivity (Wildman–Crippen MR) is 88.3 cm³/mol. The molecule has 0 bridgehead atoms. The number of ether oxygens (including phenoxy) is 1. The molecule has 0 amide bonds. The van der Waals surface area contributed by atoms with E-state index in [1.165, 1.54) is 12.4 Å². The monoisotopic (exact) mass is 387 g/mol. The average Bonchev–Trinajstić information content (AvgIpc) is 3.24. The van der Waals surface area contributed by atoms with E-state index in [2.05, 4.69) is 37.5 Å². The number of fused-ring (bicyclic) bond motifs is 2. The van der Waals surface area contributed by atoms with Crippen LogP contribution in [0.25, 0.3) is 5.65 Å². The summed E-state index contributed by atoms with van der Waals surface area (Å²) in [7, 11) is 0. The van der Waals surface area contributed by atoms with Crippen LogP contribution in [0.5, 0.6) is 5.75 Å². The minimum atomic E-state index is -0.289. The molecular formula is C16H11BrFN5O. The first-order valence-corrected chi connectivity index (χ1v) is 8.07. The van der Waals surface area contributed by atoms with Gasteiger partial charge < -0.3 is 10.1 Å². The molecule has 1 N–H and O–H groups in total. The molecule has 6 nitrogen and oxygen atoms in total. The van der Waals surface area contributed by atoms with Gasteiger partial charge in [0, 0.05) is 24.1 Å². The Labute approximate surface area is 145 Å². The number of nitriles is 1. The summed E-state index contributed by atoms with van der Waals surface area (Å²) >= 11 is 3.37. The van der Waals surface area contributed by atoms with Gasteiger partial charge in [0.15, 0.2) is 5.65 Å². The lowest BCUT2D eigenvalue weighted by Crippen LogP contribution is -2.09. The van der Waals surface area contributed by atoms with Gasteiger partial charge in [0.1, 0.15) is 29.8 Å². The molecule has 0 saturated carbocycles. The van der Waals surface area contributed by atoms with Crippen LogP contribution in [0.15, 0.2) is 29.0 Å². The molecule has 24 heavy (non-hydrogen) atoms. The lowest BCUT2D eigenvalue weighted by molar-refractivity contribution is 0.356. The largest absolute Gasteiger partial charge is 0.493 e. The number of hydrogen-bond donors (Lipinski definition) is 1. The van der Waals surface area contributed by atoms with Crippen LogP contribution in [-0.4, -0.2) is 21.2 Å². The predicted octanol–water partition coefficient (Wildman–Crippen LogP) is 3.05. The van der Waals surface area contributed by atoms with Gasteiger partial charge in [-0.1, -0.05) is 0 Å². The van der Waals surface area contributed by atoms with E-state index in [1.54, 1.807) is 16.5 Å². The summed E-state index contributed by atoms with van der Waals surface area (Å²) in [6.07, 6.45) is 2.19. The smallest absolute Gasteiger partial charge is 0.176 e. The molecule has 1 aliphatic heterocycles. The summed E-state index contributed by atoms with van der Waals surface area (Å²) in [5.41, 5.74) is 2.42. The van der Waals surface area contributed by atoms with Crippen LogP contribution in [0.1, 0.15) is 16.7 Å². The second kappa shape index (κ2) is 5.76. The summed E-state index contributed by atoms with van der Waals surface area (Å²) in [6, 6.07) is 6.86. The molecule has 3 heterocycles. The molecule has 120 valence electrons. The van der Waals surface area contributed by atoms with Crippen molar-refractivity contribution in [1.29, 1.82) is 5.26 Å². The number of aromatic nitrogens is 3. The number of anilines is 1. The minimum Gasteiger partial charge on any atom is -0.493 e. The SMILES string of the molecule is N#Cc1cc(Br)c2nncn2c1NCc1c(F)ccc2c1CCO2. The van der Waals surface area contributed by atoms with Crippen molar-refractivity contribution < 1.29 is 9.13 Å². The first kappa shape index (κ1) is 14.9. The normalized spacial score (nSPS) is 12.7. The molecule has 2 aromatic heterocycles. The summed E-state index contributed by atoms with van der Waals surface area (Å²) in [4.78, 5) is 0. The van der Waals surface area contributed by atoms with E-state index in [-0.39, 0.29) is 12.4 Å². The first-order chi connectivity index (χ1) is 11.7. The van der Waals surface area contributed by atoms with Crippen molar-refractivity contribution in [3.8, 4) is 11.8 Å². The third-order valence-corrected chi connectivity index (χ3v) is 4.61. The number of halogens is 2. The van der Waals surface area contributed by atoms with E-state index in [4.69, 9.17) is 4.74 Å². The molecule has 0 saturated heterocycles. The van der Waals surface area contributed by atoms with E-state index in [0.717, 1.165) is 11.3 Å². The van der Waals surface area contributed by atoms with Gasteiger partial charge in [-0.15, -0.1) is 10.2 Å². The Balaban J connectivity index is 1.75. The van der Waals surface area contributed by atoms with Crippen LogP contribution in [0.4, 0.5) is 10.2 Å². The fourth-order valence-electron chi connectivity index (χ4n) is 2.90. The Morgan fingerprint density at radius 2 is 2.33 bits per heavy atom. The number of pyridine rings is 1. The molecule has 3 aromatic rings. The molecule has 0 radical (unpaired) electrons. The highest BCUT2D eigenvalue weighted by molar-refractivity contribution is 9.10. The van der Waals surface area contributed by atoms with E-state index >= 15 is 0 Å². The Morgan fingerprint density at radius 3 is 3.17 bits per heavy atom. The minimum absolute atomic E-state index is 0.238. The lowest BCUT2D eigenvalue weighted by Gasteiger charge is -2.13. The number of benzene rings is 1. The summed E-state index contributed by atoms with van der Waals surface area (Å²) in [6.45, 7) is 0.797. The topological polar surface area (TPSA) is 75.2 Å².